The van der Waals surface area contributed by atoms with Gasteiger partial charge in [0.2, 0.25) is 10.0 Å². The van der Waals surface area contributed by atoms with Gasteiger partial charge in [0.15, 0.2) is 0 Å². The fourth-order valence-electron chi connectivity index (χ4n) is 2.83. The van der Waals surface area contributed by atoms with E-state index in [0.29, 0.717) is 30.9 Å². The summed E-state index contributed by atoms with van der Waals surface area (Å²) in [6.07, 6.45) is 0. The normalized spacial score (nSPS) is 17.8. The molecule has 0 spiro atoms. The van der Waals surface area contributed by atoms with E-state index >= 15 is 0 Å². The predicted molar refractivity (Wildman–Crippen MR) is 104 cm³/mol. The third kappa shape index (κ3) is 4.84. The van der Waals surface area contributed by atoms with Crippen LogP contribution in [0.25, 0.3) is 0 Å². The number of nitrogens with zero attached hydrogens (tertiary/aromatic N) is 1. The third-order valence-electron chi connectivity index (χ3n) is 4.27. The van der Waals surface area contributed by atoms with Gasteiger partial charge in [0.05, 0.1) is 4.90 Å². The van der Waals surface area contributed by atoms with Crippen molar-refractivity contribution in [3.63, 3.8) is 0 Å². The van der Waals surface area contributed by atoms with Gasteiger partial charge in [-0.15, -0.1) is 12.4 Å². The molecule has 27 heavy (non-hydrogen) atoms. The van der Waals surface area contributed by atoms with Crippen LogP contribution in [0.15, 0.2) is 53.4 Å². The lowest BCUT2D eigenvalue weighted by Crippen LogP contribution is -2.52. The summed E-state index contributed by atoms with van der Waals surface area (Å²) in [7, 11) is -3.57. The second-order valence-electron chi connectivity index (χ2n) is 6.15. The highest BCUT2D eigenvalue weighted by molar-refractivity contribution is 7.89. The van der Waals surface area contributed by atoms with Gasteiger partial charge >= 0.3 is 0 Å². The van der Waals surface area contributed by atoms with Crippen LogP contribution in [0.1, 0.15) is 17.3 Å². The van der Waals surface area contributed by atoms with E-state index in [1.807, 2.05) is 6.92 Å². The Labute approximate surface area is 164 Å². The van der Waals surface area contributed by atoms with Crippen LogP contribution in [0, 0.1) is 5.82 Å². The molecule has 146 valence electrons. The maximum absolute atomic E-state index is 12.9. The Kier molecular flexibility index (Phi) is 6.94. The number of nitrogens with one attached hydrogen (secondary N) is 2. The maximum atomic E-state index is 12.9. The Bertz CT molecular complexity index is 889. The van der Waals surface area contributed by atoms with Crippen molar-refractivity contribution in [3.8, 4) is 0 Å². The molecule has 3 rings (SSSR count). The number of carbonyl (C=O) groups excluding carboxylic acids is 1. The van der Waals surface area contributed by atoms with Gasteiger partial charge in [-0.25, -0.2) is 12.8 Å². The molecule has 0 saturated carbocycles. The minimum atomic E-state index is -3.57. The van der Waals surface area contributed by atoms with Crippen LogP contribution >= 0.6 is 12.4 Å². The van der Waals surface area contributed by atoms with Crippen LogP contribution in [0.3, 0.4) is 0 Å². The molecule has 1 amide bonds. The fraction of sp³-hybridized carbons (Fsp3) is 0.278. The minimum absolute atomic E-state index is 0. The van der Waals surface area contributed by atoms with Gasteiger partial charge in [0.1, 0.15) is 5.82 Å². The first-order chi connectivity index (χ1) is 12.4. The van der Waals surface area contributed by atoms with E-state index in [2.05, 4.69) is 10.6 Å². The van der Waals surface area contributed by atoms with Crippen molar-refractivity contribution in [1.29, 1.82) is 0 Å². The lowest BCUT2D eigenvalue weighted by Gasteiger charge is -2.32. The molecule has 1 aliphatic rings. The minimum Gasteiger partial charge on any atom is -0.322 e. The topological polar surface area (TPSA) is 78.5 Å². The van der Waals surface area contributed by atoms with Gasteiger partial charge in [-0.1, -0.05) is 0 Å². The van der Waals surface area contributed by atoms with Gasteiger partial charge in [-0.05, 0) is 55.5 Å². The zero-order valence-electron chi connectivity index (χ0n) is 14.7. The molecule has 0 aromatic heterocycles. The molecule has 0 aliphatic carbocycles. The molecule has 0 bridgehead atoms. The second kappa shape index (κ2) is 8.79. The van der Waals surface area contributed by atoms with E-state index in [1.54, 1.807) is 12.1 Å². The van der Waals surface area contributed by atoms with Gasteiger partial charge in [0, 0.05) is 36.9 Å². The van der Waals surface area contributed by atoms with Crippen LogP contribution in [0.4, 0.5) is 10.1 Å². The van der Waals surface area contributed by atoms with E-state index < -0.39 is 21.7 Å². The van der Waals surface area contributed by atoms with Gasteiger partial charge in [-0.2, -0.15) is 4.31 Å². The predicted octanol–water partition coefficient (Wildman–Crippen LogP) is 2.48. The molecule has 2 aromatic carbocycles. The van der Waals surface area contributed by atoms with E-state index in [1.165, 1.54) is 40.7 Å². The van der Waals surface area contributed by atoms with Crippen LogP contribution < -0.4 is 10.6 Å². The monoisotopic (exact) mass is 413 g/mol. The highest BCUT2D eigenvalue weighted by Gasteiger charge is 2.30. The lowest BCUT2D eigenvalue weighted by molar-refractivity contribution is 0.102. The van der Waals surface area contributed by atoms with Crippen molar-refractivity contribution in [2.45, 2.75) is 17.9 Å². The Morgan fingerprint density at radius 2 is 1.78 bits per heavy atom. The van der Waals surface area contributed by atoms with Crippen molar-refractivity contribution < 1.29 is 17.6 Å². The van der Waals surface area contributed by atoms with Crippen LogP contribution in [0.5, 0.6) is 0 Å². The fourth-order valence-corrected chi connectivity index (χ4v) is 4.46. The third-order valence-corrected chi connectivity index (χ3v) is 6.29. The van der Waals surface area contributed by atoms with Crippen LogP contribution in [0.2, 0.25) is 0 Å². The molecule has 1 fully saturated rings. The number of rotatable bonds is 4. The molecular weight excluding hydrogens is 393 g/mol. The largest absolute Gasteiger partial charge is 0.322 e. The van der Waals surface area contributed by atoms with E-state index in [9.17, 15) is 17.6 Å². The summed E-state index contributed by atoms with van der Waals surface area (Å²) in [5, 5.41) is 5.83. The molecule has 1 unspecified atom stereocenters. The van der Waals surface area contributed by atoms with Crippen molar-refractivity contribution in [1.82, 2.24) is 9.62 Å². The molecule has 6 nitrogen and oxygen atoms in total. The zero-order chi connectivity index (χ0) is 18.7. The van der Waals surface area contributed by atoms with E-state index in [4.69, 9.17) is 0 Å². The van der Waals surface area contributed by atoms with Gasteiger partial charge in [-0.3, -0.25) is 4.79 Å². The number of anilines is 1. The van der Waals surface area contributed by atoms with E-state index in [0.717, 1.165) is 0 Å². The standard InChI is InChI=1S/C18H20FN3O3S.ClH/c1-13-12-20-10-11-22(13)26(24,25)17-8-6-16(7-9-17)21-18(23)14-2-4-15(19)5-3-14;/h2-9,13,20H,10-12H2,1H3,(H,21,23);1H. The Balaban J connectivity index is 0.00000261. The Morgan fingerprint density at radius 3 is 2.37 bits per heavy atom. The average Bonchev–Trinajstić information content (AvgIpc) is 2.63. The summed E-state index contributed by atoms with van der Waals surface area (Å²) in [6.45, 7) is 3.52. The summed E-state index contributed by atoms with van der Waals surface area (Å²) < 4.78 is 39.9. The molecule has 2 aromatic rings. The first-order valence-electron chi connectivity index (χ1n) is 8.27. The number of halogens is 2. The van der Waals surface area contributed by atoms with Crippen molar-refractivity contribution in [2.75, 3.05) is 25.0 Å². The first-order valence-corrected chi connectivity index (χ1v) is 9.71. The van der Waals surface area contributed by atoms with Gasteiger partial charge in [0.25, 0.3) is 5.91 Å². The van der Waals surface area contributed by atoms with Crippen molar-refractivity contribution in [3.05, 3.63) is 59.9 Å². The summed E-state index contributed by atoms with van der Waals surface area (Å²) in [5.74, 6) is -0.811. The van der Waals surface area contributed by atoms with Crippen molar-refractivity contribution in [2.24, 2.45) is 0 Å². The second-order valence-corrected chi connectivity index (χ2v) is 8.04. The number of benzene rings is 2. The van der Waals surface area contributed by atoms with E-state index in [-0.39, 0.29) is 23.3 Å². The number of hydrogen-bond acceptors (Lipinski definition) is 4. The molecule has 1 atom stereocenters. The summed E-state index contributed by atoms with van der Waals surface area (Å²) in [4.78, 5) is 12.3. The number of amides is 1. The maximum Gasteiger partial charge on any atom is 0.255 e. The molecular formula is C18H21ClFN3O3S. The Morgan fingerprint density at radius 1 is 1.15 bits per heavy atom. The number of hydrogen-bond donors (Lipinski definition) is 2. The lowest BCUT2D eigenvalue weighted by atomic mass is 10.2. The highest BCUT2D eigenvalue weighted by Crippen LogP contribution is 2.21. The highest BCUT2D eigenvalue weighted by atomic mass is 35.5. The first kappa shape index (κ1) is 21.3. The number of carbonyl (C=O) groups is 1. The zero-order valence-corrected chi connectivity index (χ0v) is 16.3. The SMILES string of the molecule is CC1CNCCN1S(=O)(=O)c1ccc(NC(=O)c2ccc(F)cc2)cc1.Cl. The molecule has 2 N–H and O–H groups in total. The summed E-state index contributed by atoms with van der Waals surface area (Å²) in [5.41, 5.74) is 0.782. The summed E-state index contributed by atoms with van der Waals surface area (Å²) in [6, 6.07) is 11.1. The molecule has 1 aliphatic heterocycles. The van der Waals surface area contributed by atoms with Crippen LogP contribution in [-0.2, 0) is 10.0 Å². The number of sulfonamides is 1. The van der Waals surface area contributed by atoms with Crippen molar-refractivity contribution >= 4 is 34.0 Å². The smallest absolute Gasteiger partial charge is 0.255 e. The van der Waals surface area contributed by atoms with Gasteiger partial charge < -0.3 is 10.6 Å². The van der Waals surface area contributed by atoms with Crippen LogP contribution in [-0.4, -0.2) is 44.3 Å². The molecule has 9 heteroatoms. The molecule has 1 heterocycles. The quantitative estimate of drug-likeness (QED) is 0.807. The molecule has 0 radical (unpaired) electrons. The number of piperazine rings is 1. The molecule has 1 saturated heterocycles. The average molecular weight is 414 g/mol. The summed E-state index contributed by atoms with van der Waals surface area (Å²) >= 11 is 0. The Hall–Kier alpha value is -2.00.